The molecule has 0 saturated heterocycles. The SMILES string of the molecule is CCCNC(=O)c1ccc(-c2ccc3c(c2)OCCc2ccsc2-3)c(C(=O)O)n1. The van der Waals surface area contributed by atoms with Gasteiger partial charge in [0.25, 0.3) is 5.91 Å². The lowest BCUT2D eigenvalue weighted by Gasteiger charge is -2.12. The summed E-state index contributed by atoms with van der Waals surface area (Å²) in [6, 6.07) is 11.0. The van der Waals surface area contributed by atoms with E-state index in [4.69, 9.17) is 4.74 Å². The second kappa shape index (κ2) is 8.05. The van der Waals surface area contributed by atoms with E-state index in [9.17, 15) is 14.7 Å². The van der Waals surface area contributed by atoms with Crippen LogP contribution >= 0.6 is 11.3 Å². The topological polar surface area (TPSA) is 88.5 Å². The number of aromatic carboxylic acids is 1. The van der Waals surface area contributed by atoms with Crippen LogP contribution in [0.15, 0.2) is 41.8 Å². The molecule has 3 heterocycles. The highest BCUT2D eigenvalue weighted by molar-refractivity contribution is 7.13. The number of carbonyl (C=O) groups is 2. The van der Waals surface area contributed by atoms with E-state index in [1.807, 2.05) is 25.1 Å². The molecule has 0 unspecified atom stereocenters. The van der Waals surface area contributed by atoms with Crippen molar-refractivity contribution >= 4 is 23.2 Å². The third-order valence-electron chi connectivity index (χ3n) is 4.78. The fourth-order valence-corrected chi connectivity index (χ4v) is 4.33. The van der Waals surface area contributed by atoms with Crippen molar-refractivity contribution in [3.63, 3.8) is 0 Å². The normalized spacial score (nSPS) is 12.3. The Labute approximate surface area is 172 Å². The lowest BCUT2D eigenvalue weighted by Crippen LogP contribution is -2.25. The molecule has 0 fully saturated rings. The van der Waals surface area contributed by atoms with Gasteiger partial charge in [-0.1, -0.05) is 13.0 Å². The number of rotatable bonds is 5. The number of hydrogen-bond acceptors (Lipinski definition) is 5. The minimum atomic E-state index is -1.18. The predicted octanol–water partition coefficient (Wildman–Crippen LogP) is 4.25. The summed E-state index contributed by atoms with van der Waals surface area (Å²) in [4.78, 5) is 29.3. The molecule has 0 spiro atoms. The van der Waals surface area contributed by atoms with Gasteiger partial charge in [-0.2, -0.15) is 0 Å². The minimum Gasteiger partial charge on any atom is -0.493 e. The number of hydrogen-bond donors (Lipinski definition) is 2. The van der Waals surface area contributed by atoms with Crippen LogP contribution in [0, 0.1) is 0 Å². The highest BCUT2D eigenvalue weighted by atomic mass is 32.1. The third-order valence-corrected chi connectivity index (χ3v) is 5.77. The van der Waals surface area contributed by atoms with Crippen LogP contribution in [0.1, 0.15) is 39.9 Å². The van der Waals surface area contributed by atoms with Crippen LogP contribution in [-0.4, -0.2) is 35.1 Å². The molecular formula is C22H20N2O4S. The van der Waals surface area contributed by atoms with Crippen LogP contribution in [0.5, 0.6) is 5.75 Å². The summed E-state index contributed by atoms with van der Waals surface area (Å²) in [5.41, 5.74) is 3.35. The standard InChI is InChI=1S/C22H20N2O4S/c1-2-9-23-21(25)17-6-5-15(19(24-17)22(26)27)14-3-4-16-18(12-14)28-10-7-13-8-11-29-20(13)16/h3-6,8,11-12H,2,7,9-10H2,1H3,(H,23,25)(H,26,27). The number of nitrogens with one attached hydrogen (secondary N) is 1. The first-order valence-electron chi connectivity index (χ1n) is 9.45. The van der Waals surface area contributed by atoms with E-state index in [1.165, 1.54) is 10.4 Å². The molecule has 0 aliphatic carbocycles. The Kier molecular flexibility index (Phi) is 5.31. The zero-order valence-electron chi connectivity index (χ0n) is 15.9. The fourth-order valence-electron chi connectivity index (χ4n) is 3.35. The molecule has 1 aliphatic heterocycles. The van der Waals surface area contributed by atoms with Crippen molar-refractivity contribution in [1.29, 1.82) is 0 Å². The molecule has 0 bridgehead atoms. The van der Waals surface area contributed by atoms with Gasteiger partial charge in [-0.15, -0.1) is 11.3 Å². The van der Waals surface area contributed by atoms with Gasteiger partial charge in [0, 0.05) is 29.0 Å². The minimum absolute atomic E-state index is 0.0915. The van der Waals surface area contributed by atoms with Crippen molar-refractivity contribution in [2.45, 2.75) is 19.8 Å². The molecule has 3 aromatic rings. The third kappa shape index (κ3) is 3.73. The van der Waals surface area contributed by atoms with Gasteiger partial charge >= 0.3 is 5.97 Å². The highest BCUT2D eigenvalue weighted by Crippen LogP contribution is 2.41. The Morgan fingerprint density at radius 3 is 2.83 bits per heavy atom. The smallest absolute Gasteiger partial charge is 0.355 e. The Morgan fingerprint density at radius 2 is 2.03 bits per heavy atom. The molecule has 2 N–H and O–H groups in total. The van der Waals surface area contributed by atoms with Crippen LogP contribution in [-0.2, 0) is 6.42 Å². The molecule has 29 heavy (non-hydrogen) atoms. The molecule has 7 heteroatoms. The maximum Gasteiger partial charge on any atom is 0.355 e. The summed E-state index contributed by atoms with van der Waals surface area (Å²) in [7, 11) is 0. The van der Waals surface area contributed by atoms with Crippen LogP contribution < -0.4 is 10.1 Å². The fraction of sp³-hybridized carbons (Fsp3) is 0.227. The van der Waals surface area contributed by atoms with E-state index in [0.717, 1.165) is 24.2 Å². The quantitative estimate of drug-likeness (QED) is 0.659. The van der Waals surface area contributed by atoms with Gasteiger partial charge in [0.15, 0.2) is 5.69 Å². The lowest BCUT2D eigenvalue weighted by molar-refractivity contribution is 0.0691. The number of fused-ring (bicyclic) bond motifs is 3. The lowest BCUT2D eigenvalue weighted by atomic mass is 9.99. The number of carbonyl (C=O) groups excluding carboxylic acids is 1. The first kappa shape index (κ1) is 19.1. The molecule has 4 rings (SSSR count). The number of benzene rings is 1. The summed E-state index contributed by atoms with van der Waals surface area (Å²) >= 11 is 1.67. The first-order valence-corrected chi connectivity index (χ1v) is 10.3. The summed E-state index contributed by atoms with van der Waals surface area (Å²) in [6.07, 6.45) is 1.63. The number of nitrogens with zero attached hydrogens (tertiary/aromatic N) is 1. The van der Waals surface area contributed by atoms with Crippen molar-refractivity contribution in [3.05, 3.63) is 58.7 Å². The Balaban J connectivity index is 1.74. The summed E-state index contributed by atoms with van der Waals surface area (Å²) < 4.78 is 5.93. The average molecular weight is 408 g/mol. The highest BCUT2D eigenvalue weighted by Gasteiger charge is 2.21. The van der Waals surface area contributed by atoms with E-state index >= 15 is 0 Å². The van der Waals surface area contributed by atoms with Crippen molar-refractivity contribution in [2.75, 3.05) is 13.2 Å². The van der Waals surface area contributed by atoms with Gasteiger partial charge in [0.05, 0.1) is 6.61 Å². The first-order chi connectivity index (χ1) is 14.1. The largest absolute Gasteiger partial charge is 0.493 e. The van der Waals surface area contributed by atoms with Gasteiger partial charge in [-0.05, 0) is 53.3 Å². The number of aromatic nitrogens is 1. The molecule has 1 amide bonds. The molecular weight excluding hydrogens is 388 g/mol. The average Bonchev–Trinajstić information content (AvgIpc) is 3.12. The molecule has 0 saturated carbocycles. The van der Waals surface area contributed by atoms with Gasteiger partial charge in [0.1, 0.15) is 11.4 Å². The zero-order chi connectivity index (χ0) is 20.4. The molecule has 0 radical (unpaired) electrons. The number of ether oxygens (including phenoxy) is 1. The number of carboxylic acid groups (broad SMARTS) is 1. The summed E-state index contributed by atoms with van der Waals surface area (Å²) in [5.74, 6) is -0.831. The Hall–Kier alpha value is -3.19. The molecule has 0 atom stereocenters. The molecule has 1 aromatic carbocycles. The Bertz CT molecular complexity index is 1090. The van der Waals surface area contributed by atoms with Crippen molar-refractivity contribution < 1.29 is 19.4 Å². The van der Waals surface area contributed by atoms with Crippen LogP contribution in [0.4, 0.5) is 0 Å². The van der Waals surface area contributed by atoms with E-state index in [-0.39, 0.29) is 17.3 Å². The van der Waals surface area contributed by atoms with Gasteiger partial charge in [-0.3, -0.25) is 4.79 Å². The second-order valence-electron chi connectivity index (χ2n) is 6.74. The molecule has 6 nitrogen and oxygen atoms in total. The molecule has 2 aromatic heterocycles. The van der Waals surface area contributed by atoms with Crippen LogP contribution in [0.3, 0.4) is 0 Å². The van der Waals surface area contributed by atoms with E-state index in [1.54, 1.807) is 23.5 Å². The number of thiophene rings is 1. The van der Waals surface area contributed by atoms with Gasteiger partial charge in [0.2, 0.25) is 0 Å². The van der Waals surface area contributed by atoms with E-state index in [2.05, 4.69) is 21.7 Å². The molecule has 148 valence electrons. The van der Waals surface area contributed by atoms with E-state index < -0.39 is 5.97 Å². The van der Waals surface area contributed by atoms with Crippen molar-refractivity contribution in [1.82, 2.24) is 10.3 Å². The number of amides is 1. The van der Waals surface area contributed by atoms with Crippen molar-refractivity contribution in [3.8, 4) is 27.3 Å². The second-order valence-corrected chi connectivity index (χ2v) is 7.65. The van der Waals surface area contributed by atoms with Crippen molar-refractivity contribution in [2.24, 2.45) is 0 Å². The van der Waals surface area contributed by atoms with Gasteiger partial charge < -0.3 is 15.2 Å². The van der Waals surface area contributed by atoms with Gasteiger partial charge in [-0.25, -0.2) is 9.78 Å². The monoisotopic (exact) mass is 408 g/mol. The number of carboxylic acids is 1. The van der Waals surface area contributed by atoms with Crippen LogP contribution in [0.25, 0.3) is 21.6 Å². The maximum absolute atomic E-state index is 12.2. The predicted molar refractivity (Wildman–Crippen MR) is 112 cm³/mol. The zero-order valence-corrected chi connectivity index (χ0v) is 16.7. The van der Waals surface area contributed by atoms with Crippen LogP contribution in [0.2, 0.25) is 0 Å². The summed E-state index contributed by atoms with van der Waals surface area (Å²) in [6.45, 7) is 3.03. The van der Waals surface area contributed by atoms with E-state index in [0.29, 0.717) is 24.3 Å². The summed E-state index contributed by atoms with van der Waals surface area (Å²) in [5, 5.41) is 14.5. The Morgan fingerprint density at radius 1 is 1.21 bits per heavy atom. The molecule has 1 aliphatic rings. The maximum atomic E-state index is 12.2. The number of pyridine rings is 1.